The lowest BCUT2D eigenvalue weighted by atomic mass is 10.1. The molecule has 32 heavy (non-hydrogen) atoms. The maximum absolute atomic E-state index is 13.9. The Labute approximate surface area is 199 Å². The van der Waals surface area contributed by atoms with Crippen LogP contribution in [0.15, 0.2) is 36.5 Å². The molecule has 8 heteroatoms. The number of anilines is 1. The van der Waals surface area contributed by atoms with E-state index in [1.807, 2.05) is 40.6 Å². The van der Waals surface area contributed by atoms with Crippen LogP contribution in [0.3, 0.4) is 0 Å². The highest BCUT2D eigenvalue weighted by Crippen LogP contribution is 2.33. The van der Waals surface area contributed by atoms with Crippen LogP contribution in [-0.2, 0) is 0 Å². The first kappa shape index (κ1) is 24.2. The molecule has 6 nitrogen and oxygen atoms in total. The second-order valence-electron chi connectivity index (χ2n) is 7.81. The second kappa shape index (κ2) is 9.98. The van der Waals surface area contributed by atoms with E-state index in [4.69, 9.17) is 4.98 Å². The van der Waals surface area contributed by atoms with E-state index in [0.717, 1.165) is 46.3 Å². The minimum atomic E-state index is -0.0585. The molecule has 0 saturated carbocycles. The summed E-state index contributed by atoms with van der Waals surface area (Å²) in [7, 11) is 0. The minimum absolute atomic E-state index is 0. The number of carbonyl (C=O) groups is 1. The molecular weight excluding hydrogens is 442 g/mol. The van der Waals surface area contributed by atoms with E-state index in [1.54, 1.807) is 11.3 Å². The van der Waals surface area contributed by atoms with E-state index in [9.17, 15) is 4.79 Å². The summed E-state index contributed by atoms with van der Waals surface area (Å²) in [6.45, 7) is 13.7. The van der Waals surface area contributed by atoms with E-state index in [0.29, 0.717) is 12.2 Å². The Kier molecular flexibility index (Phi) is 7.54. The van der Waals surface area contributed by atoms with Crippen LogP contribution in [0.5, 0.6) is 0 Å². The molecule has 0 unspecified atom stereocenters. The first-order valence-corrected chi connectivity index (χ1v) is 11.6. The molecule has 0 aliphatic carbocycles. The fourth-order valence-electron chi connectivity index (χ4n) is 3.89. The molecule has 1 aromatic carbocycles. The Morgan fingerprint density at radius 3 is 2.50 bits per heavy atom. The fraction of sp³-hybridized carbons (Fsp3) is 0.375. The number of hydrogen-bond acceptors (Lipinski definition) is 5. The van der Waals surface area contributed by atoms with Gasteiger partial charge in [-0.2, -0.15) is 0 Å². The molecule has 0 fully saturated rings. The van der Waals surface area contributed by atoms with Crippen LogP contribution in [0, 0.1) is 20.8 Å². The van der Waals surface area contributed by atoms with Gasteiger partial charge in [0.05, 0.1) is 15.9 Å². The highest BCUT2D eigenvalue weighted by atomic mass is 35.5. The standard InChI is InChI=1S/C24H29N5OS.ClH/c1-6-27(7-2)14-15-29(24-26-21-17(4)16(3)11-12-19(21)31-24)23(30)22-18(5)25-20-10-8-9-13-28(20)22;/h8-13H,6-7,14-15H2,1-5H3;1H. The molecule has 170 valence electrons. The Balaban J connectivity index is 0.00000289. The Morgan fingerprint density at radius 1 is 1.03 bits per heavy atom. The number of hydrogen-bond donors (Lipinski definition) is 0. The van der Waals surface area contributed by atoms with Gasteiger partial charge in [-0.3, -0.25) is 14.1 Å². The monoisotopic (exact) mass is 471 g/mol. The molecule has 0 spiro atoms. The predicted octanol–water partition coefficient (Wildman–Crippen LogP) is 5.28. The van der Waals surface area contributed by atoms with Gasteiger partial charge in [-0.1, -0.05) is 37.3 Å². The first-order valence-electron chi connectivity index (χ1n) is 10.8. The SMILES string of the molecule is CCN(CC)CCN(C(=O)c1c(C)nc2ccccn12)c1nc2c(C)c(C)ccc2s1.Cl. The molecule has 3 aromatic heterocycles. The zero-order valence-electron chi connectivity index (χ0n) is 19.3. The maximum Gasteiger partial charge on any atom is 0.279 e. The Morgan fingerprint density at radius 2 is 1.78 bits per heavy atom. The van der Waals surface area contributed by atoms with Crippen molar-refractivity contribution in [3.05, 3.63) is 59.0 Å². The molecule has 0 bridgehead atoms. The highest BCUT2D eigenvalue weighted by Gasteiger charge is 2.26. The third kappa shape index (κ3) is 4.37. The van der Waals surface area contributed by atoms with Crippen molar-refractivity contribution in [2.24, 2.45) is 0 Å². The number of aryl methyl sites for hydroxylation is 3. The van der Waals surface area contributed by atoms with Gasteiger partial charge in [0.1, 0.15) is 11.3 Å². The molecule has 4 rings (SSSR count). The van der Waals surface area contributed by atoms with Gasteiger partial charge in [0.15, 0.2) is 5.13 Å². The summed E-state index contributed by atoms with van der Waals surface area (Å²) in [5.41, 5.74) is 5.47. The lowest BCUT2D eigenvalue weighted by Crippen LogP contribution is -2.39. The quantitative estimate of drug-likeness (QED) is 0.368. The zero-order chi connectivity index (χ0) is 22.1. The van der Waals surface area contributed by atoms with Crippen LogP contribution in [-0.4, -0.2) is 51.4 Å². The largest absolute Gasteiger partial charge is 0.302 e. The first-order chi connectivity index (χ1) is 14.9. The van der Waals surface area contributed by atoms with Gasteiger partial charge < -0.3 is 4.90 Å². The zero-order valence-corrected chi connectivity index (χ0v) is 20.9. The predicted molar refractivity (Wildman–Crippen MR) is 136 cm³/mol. The van der Waals surface area contributed by atoms with Gasteiger partial charge in [0.25, 0.3) is 5.91 Å². The number of benzene rings is 1. The average Bonchev–Trinajstić information content (AvgIpc) is 3.34. The number of aromatic nitrogens is 3. The number of pyridine rings is 1. The third-order valence-corrected chi connectivity index (χ3v) is 7.03. The number of amides is 1. The Hall–Kier alpha value is -2.48. The van der Waals surface area contributed by atoms with Crippen LogP contribution in [0.1, 0.15) is 41.2 Å². The summed E-state index contributed by atoms with van der Waals surface area (Å²) in [6.07, 6.45) is 1.90. The van der Waals surface area contributed by atoms with Crippen molar-refractivity contribution in [1.29, 1.82) is 0 Å². The van der Waals surface area contributed by atoms with Gasteiger partial charge >= 0.3 is 0 Å². The lowest BCUT2D eigenvalue weighted by molar-refractivity contribution is 0.0977. The molecule has 0 aliphatic heterocycles. The normalized spacial score (nSPS) is 11.3. The Bertz CT molecular complexity index is 1240. The van der Waals surface area contributed by atoms with Gasteiger partial charge in [0.2, 0.25) is 0 Å². The number of carbonyl (C=O) groups excluding carboxylic acids is 1. The fourth-order valence-corrected chi connectivity index (χ4v) is 4.94. The molecule has 1 amide bonds. The van der Waals surface area contributed by atoms with Crippen molar-refractivity contribution in [3.63, 3.8) is 0 Å². The molecule has 0 atom stereocenters. The van der Waals surface area contributed by atoms with E-state index < -0.39 is 0 Å². The number of rotatable bonds is 7. The molecule has 3 heterocycles. The molecule has 0 radical (unpaired) electrons. The lowest BCUT2D eigenvalue weighted by Gasteiger charge is -2.24. The number of likely N-dealkylation sites (N-methyl/N-ethyl adjacent to an activating group) is 1. The van der Waals surface area contributed by atoms with Gasteiger partial charge in [-0.25, -0.2) is 9.97 Å². The number of halogens is 1. The minimum Gasteiger partial charge on any atom is -0.302 e. The summed E-state index contributed by atoms with van der Waals surface area (Å²) in [5, 5.41) is 0.742. The van der Waals surface area contributed by atoms with Gasteiger partial charge in [-0.05, 0) is 63.2 Å². The van der Waals surface area contributed by atoms with Crippen molar-refractivity contribution < 1.29 is 4.79 Å². The van der Waals surface area contributed by atoms with E-state index >= 15 is 0 Å². The van der Waals surface area contributed by atoms with Crippen LogP contribution in [0.25, 0.3) is 15.9 Å². The summed E-state index contributed by atoms with van der Waals surface area (Å²) in [4.78, 5) is 27.5. The van der Waals surface area contributed by atoms with Crippen molar-refractivity contribution in [2.75, 3.05) is 31.1 Å². The topological polar surface area (TPSA) is 53.7 Å². The van der Waals surface area contributed by atoms with Gasteiger partial charge in [0, 0.05) is 19.3 Å². The third-order valence-electron chi connectivity index (χ3n) is 5.99. The molecule has 0 aliphatic rings. The van der Waals surface area contributed by atoms with Crippen molar-refractivity contribution in [3.8, 4) is 0 Å². The van der Waals surface area contributed by atoms with Crippen LogP contribution in [0.2, 0.25) is 0 Å². The summed E-state index contributed by atoms with van der Waals surface area (Å²) < 4.78 is 2.98. The summed E-state index contributed by atoms with van der Waals surface area (Å²) in [5.74, 6) is -0.0585. The highest BCUT2D eigenvalue weighted by molar-refractivity contribution is 7.22. The number of imidazole rings is 1. The van der Waals surface area contributed by atoms with Crippen LogP contribution >= 0.6 is 23.7 Å². The second-order valence-corrected chi connectivity index (χ2v) is 8.82. The number of fused-ring (bicyclic) bond motifs is 2. The smallest absolute Gasteiger partial charge is 0.279 e. The number of thiazole rings is 1. The molecule has 0 N–H and O–H groups in total. The van der Waals surface area contributed by atoms with E-state index in [-0.39, 0.29) is 18.3 Å². The maximum atomic E-state index is 13.9. The summed E-state index contributed by atoms with van der Waals surface area (Å²) in [6, 6.07) is 10.0. The van der Waals surface area contributed by atoms with Crippen LogP contribution in [0.4, 0.5) is 5.13 Å². The summed E-state index contributed by atoms with van der Waals surface area (Å²) >= 11 is 1.58. The molecule has 0 saturated heterocycles. The van der Waals surface area contributed by atoms with Crippen LogP contribution < -0.4 is 4.90 Å². The molecular formula is C24H30ClN5OS. The average molecular weight is 472 g/mol. The van der Waals surface area contributed by atoms with E-state index in [1.165, 1.54) is 11.1 Å². The number of nitrogens with zero attached hydrogens (tertiary/aromatic N) is 5. The molecule has 4 aromatic rings. The van der Waals surface area contributed by atoms with E-state index in [2.05, 4.69) is 49.7 Å². The van der Waals surface area contributed by atoms with Crippen molar-refractivity contribution >= 4 is 50.6 Å². The van der Waals surface area contributed by atoms with Crippen molar-refractivity contribution in [1.82, 2.24) is 19.3 Å². The van der Waals surface area contributed by atoms with Crippen molar-refractivity contribution in [2.45, 2.75) is 34.6 Å². The van der Waals surface area contributed by atoms with Gasteiger partial charge in [-0.15, -0.1) is 12.4 Å².